The summed E-state index contributed by atoms with van der Waals surface area (Å²) in [5.41, 5.74) is 1.74. The Hall–Kier alpha value is -3.52. The standard InChI is InChI=1S/C28H35NO7/c1-6-35-23-15-19(8-10-21(23)30)25-24(27(32)28(33)29(25)12-7-13-34-5)26(31)20-9-11-22(18(4)14-20)36-16-17(2)3/h8-11,14-15,17,25,30-31H,6-7,12-13,16H2,1-5H3/b26-24+/t25-/m1/s1. The monoisotopic (exact) mass is 497 g/mol. The Labute approximate surface area is 212 Å². The van der Waals surface area contributed by atoms with Gasteiger partial charge in [-0.1, -0.05) is 19.9 Å². The fourth-order valence-electron chi connectivity index (χ4n) is 4.18. The number of ether oxygens (including phenoxy) is 3. The van der Waals surface area contributed by atoms with Crippen molar-refractivity contribution >= 4 is 17.4 Å². The van der Waals surface area contributed by atoms with Gasteiger partial charge >= 0.3 is 0 Å². The van der Waals surface area contributed by atoms with Crippen molar-refractivity contribution in [3.8, 4) is 17.2 Å². The van der Waals surface area contributed by atoms with Crippen LogP contribution in [-0.2, 0) is 14.3 Å². The molecule has 8 nitrogen and oxygen atoms in total. The lowest BCUT2D eigenvalue weighted by molar-refractivity contribution is -0.140. The van der Waals surface area contributed by atoms with Crippen LogP contribution in [0.3, 0.4) is 0 Å². The third-order valence-corrected chi connectivity index (χ3v) is 5.91. The quantitative estimate of drug-likeness (QED) is 0.202. The number of likely N-dealkylation sites (tertiary alicyclic amines) is 1. The number of aryl methyl sites for hydroxylation is 1. The second kappa shape index (κ2) is 11.9. The number of carbonyl (C=O) groups is 2. The first kappa shape index (κ1) is 27.1. The third kappa shape index (κ3) is 5.82. The van der Waals surface area contributed by atoms with E-state index in [2.05, 4.69) is 13.8 Å². The van der Waals surface area contributed by atoms with Gasteiger partial charge in [0, 0.05) is 25.8 Å². The molecular weight excluding hydrogens is 462 g/mol. The molecule has 194 valence electrons. The van der Waals surface area contributed by atoms with Crippen LogP contribution in [-0.4, -0.2) is 60.3 Å². The van der Waals surface area contributed by atoms with Crippen LogP contribution in [0.25, 0.3) is 5.76 Å². The number of carbonyl (C=O) groups excluding carboxylic acids is 2. The summed E-state index contributed by atoms with van der Waals surface area (Å²) in [6.45, 7) is 9.32. The molecule has 1 saturated heterocycles. The Bertz CT molecular complexity index is 1140. The number of nitrogens with zero attached hydrogens (tertiary/aromatic N) is 1. The molecule has 2 N–H and O–H groups in total. The number of rotatable bonds is 11. The minimum Gasteiger partial charge on any atom is -0.507 e. The molecule has 3 rings (SSSR count). The highest BCUT2D eigenvalue weighted by atomic mass is 16.5. The first-order chi connectivity index (χ1) is 17.2. The molecule has 1 aliphatic heterocycles. The van der Waals surface area contributed by atoms with Crippen molar-refractivity contribution in [2.45, 2.75) is 40.2 Å². The summed E-state index contributed by atoms with van der Waals surface area (Å²) in [5, 5.41) is 21.5. The number of aliphatic hydroxyl groups is 1. The molecule has 1 fully saturated rings. The van der Waals surface area contributed by atoms with Gasteiger partial charge in [-0.15, -0.1) is 0 Å². The lowest BCUT2D eigenvalue weighted by atomic mass is 9.94. The normalized spacial score (nSPS) is 17.2. The number of aromatic hydroxyl groups is 1. The van der Waals surface area contributed by atoms with E-state index in [4.69, 9.17) is 14.2 Å². The first-order valence-corrected chi connectivity index (χ1v) is 12.2. The van der Waals surface area contributed by atoms with Crippen LogP contribution < -0.4 is 9.47 Å². The van der Waals surface area contributed by atoms with Crippen molar-refractivity contribution in [3.05, 3.63) is 58.7 Å². The minimum atomic E-state index is -0.848. The highest BCUT2D eigenvalue weighted by molar-refractivity contribution is 6.46. The highest BCUT2D eigenvalue weighted by Crippen LogP contribution is 2.42. The van der Waals surface area contributed by atoms with Crippen molar-refractivity contribution < 1.29 is 34.0 Å². The Kier molecular flexibility index (Phi) is 8.98. The number of phenolic OH excluding ortho intramolecular Hbond substituents is 1. The topological polar surface area (TPSA) is 106 Å². The number of aliphatic hydroxyl groups excluding tert-OH is 1. The molecule has 0 radical (unpaired) electrons. The maximum atomic E-state index is 13.2. The number of amides is 1. The number of phenols is 1. The molecule has 0 bridgehead atoms. The average Bonchev–Trinajstić information content (AvgIpc) is 3.09. The third-order valence-electron chi connectivity index (χ3n) is 5.91. The number of benzene rings is 2. The fraction of sp³-hybridized carbons (Fsp3) is 0.429. The van der Waals surface area contributed by atoms with E-state index in [1.165, 1.54) is 11.0 Å². The van der Waals surface area contributed by atoms with Crippen LogP contribution in [0.5, 0.6) is 17.2 Å². The molecule has 8 heteroatoms. The lowest BCUT2D eigenvalue weighted by Gasteiger charge is -2.26. The van der Waals surface area contributed by atoms with Crippen LogP contribution in [0.15, 0.2) is 42.0 Å². The van der Waals surface area contributed by atoms with Crippen LogP contribution in [0.2, 0.25) is 0 Å². The zero-order valence-corrected chi connectivity index (χ0v) is 21.5. The Morgan fingerprint density at radius 2 is 1.83 bits per heavy atom. The van der Waals surface area contributed by atoms with Gasteiger partial charge < -0.3 is 29.3 Å². The van der Waals surface area contributed by atoms with Gasteiger partial charge in [-0.3, -0.25) is 9.59 Å². The second-order valence-electron chi connectivity index (χ2n) is 9.18. The van der Waals surface area contributed by atoms with Crippen LogP contribution in [0, 0.1) is 12.8 Å². The van der Waals surface area contributed by atoms with E-state index >= 15 is 0 Å². The van der Waals surface area contributed by atoms with Gasteiger partial charge in [0.05, 0.1) is 24.8 Å². The van der Waals surface area contributed by atoms with E-state index in [1.54, 1.807) is 44.4 Å². The smallest absolute Gasteiger partial charge is 0.295 e. The predicted molar refractivity (Wildman–Crippen MR) is 136 cm³/mol. The Morgan fingerprint density at radius 1 is 1.08 bits per heavy atom. The summed E-state index contributed by atoms with van der Waals surface area (Å²) >= 11 is 0. The molecule has 0 unspecified atom stereocenters. The van der Waals surface area contributed by atoms with Crippen molar-refractivity contribution in [2.24, 2.45) is 5.92 Å². The zero-order chi connectivity index (χ0) is 26.4. The lowest BCUT2D eigenvalue weighted by Crippen LogP contribution is -2.31. The SMILES string of the molecule is CCOc1cc([C@@H]2/C(=C(\O)c3ccc(OCC(C)C)c(C)c3)C(=O)C(=O)N2CCCOC)ccc1O. The van der Waals surface area contributed by atoms with Crippen molar-refractivity contribution in [1.82, 2.24) is 4.90 Å². The summed E-state index contributed by atoms with van der Waals surface area (Å²) in [4.78, 5) is 27.7. The Morgan fingerprint density at radius 3 is 2.47 bits per heavy atom. The van der Waals surface area contributed by atoms with E-state index in [9.17, 15) is 19.8 Å². The van der Waals surface area contributed by atoms with Crippen molar-refractivity contribution in [2.75, 3.05) is 33.5 Å². The van der Waals surface area contributed by atoms with E-state index in [1.807, 2.05) is 6.92 Å². The minimum absolute atomic E-state index is 0.0131. The molecule has 1 amide bonds. The summed E-state index contributed by atoms with van der Waals surface area (Å²) in [7, 11) is 1.57. The summed E-state index contributed by atoms with van der Waals surface area (Å²) in [5.74, 6) is -0.493. The zero-order valence-electron chi connectivity index (χ0n) is 21.5. The predicted octanol–water partition coefficient (Wildman–Crippen LogP) is 4.59. The van der Waals surface area contributed by atoms with Gasteiger partial charge in [-0.2, -0.15) is 0 Å². The number of hydrogen-bond acceptors (Lipinski definition) is 7. The summed E-state index contributed by atoms with van der Waals surface area (Å²) in [6, 6.07) is 9.00. The van der Waals surface area contributed by atoms with E-state index in [-0.39, 0.29) is 29.4 Å². The van der Waals surface area contributed by atoms with Gasteiger partial charge in [0.15, 0.2) is 11.5 Å². The number of ketones is 1. The molecular formula is C28H35NO7. The first-order valence-electron chi connectivity index (χ1n) is 12.2. The molecule has 36 heavy (non-hydrogen) atoms. The molecule has 1 heterocycles. The molecule has 0 aliphatic carbocycles. The number of methoxy groups -OCH3 is 1. The van der Waals surface area contributed by atoms with Gasteiger partial charge in [-0.25, -0.2) is 0 Å². The van der Waals surface area contributed by atoms with Crippen molar-refractivity contribution in [1.29, 1.82) is 0 Å². The van der Waals surface area contributed by atoms with Crippen LogP contribution in [0.1, 0.15) is 49.9 Å². The largest absolute Gasteiger partial charge is 0.507 e. The summed E-state index contributed by atoms with van der Waals surface area (Å²) in [6.07, 6.45) is 0.511. The Balaban J connectivity index is 2.10. The average molecular weight is 498 g/mol. The van der Waals surface area contributed by atoms with E-state index in [0.29, 0.717) is 49.0 Å². The number of hydrogen-bond donors (Lipinski definition) is 2. The van der Waals surface area contributed by atoms with Crippen LogP contribution in [0.4, 0.5) is 0 Å². The fourth-order valence-corrected chi connectivity index (χ4v) is 4.18. The van der Waals surface area contributed by atoms with Crippen molar-refractivity contribution in [3.63, 3.8) is 0 Å². The van der Waals surface area contributed by atoms with Gasteiger partial charge in [-0.05, 0) is 67.6 Å². The summed E-state index contributed by atoms with van der Waals surface area (Å²) < 4.78 is 16.5. The molecule has 0 saturated carbocycles. The molecule has 0 aromatic heterocycles. The molecule has 1 aliphatic rings. The van der Waals surface area contributed by atoms with E-state index < -0.39 is 17.7 Å². The molecule has 0 spiro atoms. The second-order valence-corrected chi connectivity index (χ2v) is 9.18. The highest BCUT2D eigenvalue weighted by Gasteiger charge is 2.46. The maximum absolute atomic E-state index is 13.2. The van der Waals surface area contributed by atoms with Crippen LogP contribution >= 0.6 is 0 Å². The van der Waals surface area contributed by atoms with E-state index in [0.717, 1.165) is 5.56 Å². The number of Topliss-reactive ketones (excluding diaryl/α,β-unsaturated/α-hetero) is 1. The van der Waals surface area contributed by atoms with Gasteiger partial charge in [0.2, 0.25) is 0 Å². The molecule has 1 atom stereocenters. The van der Waals surface area contributed by atoms with Gasteiger partial charge in [0.25, 0.3) is 11.7 Å². The van der Waals surface area contributed by atoms with Gasteiger partial charge in [0.1, 0.15) is 11.5 Å². The molecule has 2 aromatic rings. The molecule has 2 aromatic carbocycles. The maximum Gasteiger partial charge on any atom is 0.295 e.